The van der Waals surface area contributed by atoms with E-state index in [9.17, 15) is 4.79 Å². The van der Waals surface area contributed by atoms with Crippen LogP contribution in [0.15, 0.2) is 30.5 Å². The van der Waals surface area contributed by atoms with Crippen LogP contribution in [0.2, 0.25) is 0 Å². The van der Waals surface area contributed by atoms with Gasteiger partial charge in [-0.25, -0.2) is 4.79 Å². The number of aryl methyl sites for hydroxylation is 1. The number of benzene rings is 1. The molecule has 1 aromatic heterocycles. The molecule has 1 aliphatic rings. The highest BCUT2D eigenvalue weighted by atomic mass is 16.5. The molecule has 0 spiro atoms. The standard InChI is InChI=1S/C19H24N2O3/c1-3-24-19(22)18-17(14-8-10-23-11-9-14)16(12-21(18)20)15-7-5-4-6-13(15)2/h4-7,12,14H,3,8-11,20H2,1-2H3. The van der Waals surface area contributed by atoms with E-state index in [0.29, 0.717) is 25.5 Å². The fourth-order valence-corrected chi connectivity index (χ4v) is 3.44. The molecule has 0 saturated carbocycles. The number of esters is 1. The van der Waals surface area contributed by atoms with Crippen molar-refractivity contribution in [3.05, 3.63) is 47.3 Å². The maximum absolute atomic E-state index is 12.5. The van der Waals surface area contributed by atoms with E-state index in [2.05, 4.69) is 19.1 Å². The first kappa shape index (κ1) is 16.6. The van der Waals surface area contributed by atoms with Crippen LogP contribution in [0.5, 0.6) is 0 Å². The molecule has 128 valence electrons. The molecule has 5 nitrogen and oxygen atoms in total. The lowest BCUT2D eigenvalue weighted by atomic mass is 9.86. The van der Waals surface area contributed by atoms with Gasteiger partial charge in [-0.1, -0.05) is 24.3 Å². The van der Waals surface area contributed by atoms with Gasteiger partial charge >= 0.3 is 5.97 Å². The summed E-state index contributed by atoms with van der Waals surface area (Å²) >= 11 is 0. The second kappa shape index (κ2) is 7.09. The van der Waals surface area contributed by atoms with E-state index in [1.165, 1.54) is 4.68 Å². The molecule has 0 unspecified atom stereocenters. The van der Waals surface area contributed by atoms with Crippen molar-refractivity contribution in [2.24, 2.45) is 0 Å². The summed E-state index contributed by atoms with van der Waals surface area (Å²) in [7, 11) is 0. The zero-order valence-corrected chi connectivity index (χ0v) is 14.2. The molecule has 2 N–H and O–H groups in total. The minimum absolute atomic E-state index is 0.248. The Kier molecular flexibility index (Phi) is 4.90. The third-order valence-corrected chi connectivity index (χ3v) is 4.61. The third-order valence-electron chi connectivity index (χ3n) is 4.61. The predicted octanol–water partition coefficient (Wildman–Crippen LogP) is 3.25. The number of nitrogen functional groups attached to an aromatic ring is 1. The van der Waals surface area contributed by atoms with E-state index in [-0.39, 0.29) is 11.9 Å². The van der Waals surface area contributed by atoms with Gasteiger partial charge in [0, 0.05) is 25.0 Å². The Morgan fingerprint density at radius 1 is 1.29 bits per heavy atom. The van der Waals surface area contributed by atoms with Gasteiger partial charge < -0.3 is 15.3 Å². The van der Waals surface area contributed by atoms with E-state index in [1.54, 1.807) is 6.92 Å². The molecule has 0 radical (unpaired) electrons. The summed E-state index contributed by atoms with van der Waals surface area (Å²) in [5.74, 6) is 6.04. The molecule has 1 aliphatic heterocycles. The number of ether oxygens (including phenoxy) is 2. The van der Waals surface area contributed by atoms with Crippen LogP contribution in [-0.4, -0.2) is 30.5 Å². The van der Waals surface area contributed by atoms with Crippen LogP contribution in [-0.2, 0) is 9.47 Å². The smallest absolute Gasteiger partial charge is 0.357 e. The first-order valence-corrected chi connectivity index (χ1v) is 8.44. The van der Waals surface area contributed by atoms with E-state index in [1.807, 2.05) is 18.3 Å². The quantitative estimate of drug-likeness (QED) is 0.691. The fourth-order valence-electron chi connectivity index (χ4n) is 3.44. The van der Waals surface area contributed by atoms with Crippen molar-refractivity contribution in [2.45, 2.75) is 32.6 Å². The number of hydrogen-bond donors (Lipinski definition) is 1. The number of rotatable bonds is 4. The second-order valence-electron chi connectivity index (χ2n) is 6.13. The van der Waals surface area contributed by atoms with Crippen molar-refractivity contribution in [1.82, 2.24) is 4.68 Å². The maximum atomic E-state index is 12.5. The van der Waals surface area contributed by atoms with E-state index in [0.717, 1.165) is 35.1 Å². The normalized spacial score (nSPS) is 15.4. The Morgan fingerprint density at radius 2 is 2.00 bits per heavy atom. The molecule has 0 atom stereocenters. The van der Waals surface area contributed by atoms with Gasteiger partial charge in [0.15, 0.2) is 5.69 Å². The fraction of sp³-hybridized carbons (Fsp3) is 0.421. The summed E-state index contributed by atoms with van der Waals surface area (Å²) in [6, 6.07) is 8.16. The number of hydrogen-bond acceptors (Lipinski definition) is 4. The minimum Gasteiger partial charge on any atom is -0.461 e. The van der Waals surface area contributed by atoms with Crippen LogP contribution >= 0.6 is 0 Å². The molecule has 1 saturated heterocycles. The minimum atomic E-state index is -0.360. The monoisotopic (exact) mass is 328 g/mol. The Bertz CT molecular complexity index is 730. The molecule has 1 aromatic carbocycles. The van der Waals surface area contributed by atoms with Crippen LogP contribution < -0.4 is 5.84 Å². The third kappa shape index (κ3) is 3.04. The van der Waals surface area contributed by atoms with Gasteiger partial charge in [-0.05, 0) is 49.3 Å². The number of aromatic nitrogens is 1. The molecule has 0 amide bonds. The molecule has 0 aliphatic carbocycles. The summed E-state index contributed by atoms with van der Waals surface area (Å²) in [4.78, 5) is 12.5. The first-order chi connectivity index (χ1) is 11.6. The van der Waals surface area contributed by atoms with Crippen LogP contribution in [0.3, 0.4) is 0 Å². The highest BCUT2D eigenvalue weighted by molar-refractivity contribution is 5.93. The van der Waals surface area contributed by atoms with Crippen LogP contribution in [0.1, 0.15) is 47.3 Å². The Labute approximate surface area is 142 Å². The maximum Gasteiger partial charge on any atom is 0.357 e. The zero-order valence-electron chi connectivity index (χ0n) is 14.2. The van der Waals surface area contributed by atoms with Crippen molar-refractivity contribution in [2.75, 3.05) is 25.7 Å². The topological polar surface area (TPSA) is 66.5 Å². The molecular weight excluding hydrogens is 304 g/mol. The average molecular weight is 328 g/mol. The van der Waals surface area contributed by atoms with Crippen molar-refractivity contribution in [1.29, 1.82) is 0 Å². The first-order valence-electron chi connectivity index (χ1n) is 8.44. The number of carbonyl (C=O) groups excluding carboxylic acids is 1. The molecule has 1 fully saturated rings. The van der Waals surface area contributed by atoms with Gasteiger partial charge in [0.25, 0.3) is 0 Å². The van der Waals surface area contributed by atoms with E-state index < -0.39 is 0 Å². The lowest BCUT2D eigenvalue weighted by molar-refractivity contribution is 0.0509. The van der Waals surface area contributed by atoms with Gasteiger partial charge in [-0.2, -0.15) is 0 Å². The summed E-state index contributed by atoms with van der Waals surface area (Å²) in [5, 5.41) is 0. The van der Waals surface area contributed by atoms with E-state index >= 15 is 0 Å². The number of carbonyl (C=O) groups is 1. The van der Waals surface area contributed by atoms with Crippen molar-refractivity contribution >= 4 is 5.97 Å². The van der Waals surface area contributed by atoms with Crippen molar-refractivity contribution < 1.29 is 14.3 Å². The Hall–Kier alpha value is -2.27. The zero-order chi connectivity index (χ0) is 17.1. The Morgan fingerprint density at radius 3 is 2.67 bits per heavy atom. The molecular formula is C19H24N2O3. The average Bonchev–Trinajstić information content (AvgIpc) is 2.93. The molecule has 5 heteroatoms. The van der Waals surface area contributed by atoms with Crippen LogP contribution in [0.4, 0.5) is 0 Å². The molecule has 2 aromatic rings. The van der Waals surface area contributed by atoms with Crippen molar-refractivity contribution in [3.63, 3.8) is 0 Å². The Balaban J connectivity index is 2.16. The van der Waals surface area contributed by atoms with Gasteiger partial charge in [-0.3, -0.25) is 4.68 Å². The SMILES string of the molecule is CCOC(=O)c1c(C2CCOCC2)c(-c2ccccc2C)cn1N. The van der Waals surface area contributed by atoms with Gasteiger partial charge in [0.2, 0.25) is 0 Å². The molecule has 2 heterocycles. The van der Waals surface area contributed by atoms with E-state index in [4.69, 9.17) is 15.3 Å². The summed E-state index contributed by atoms with van der Waals surface area (Å²) < 4.78 is 12.2. The highest BCUT2D eigenvalue weighted by Gasteiger charge is 2.30. The summed E-state index contributed by atoms with van der Waals surface area (Å²) in [6.07, 6.45) is 3.62. The lowest BCUT2D eigenvalue weighted by Crippen LogP contribution is -2.22. The second-order valence-corrected chi connectivity index (χ2v) is 6.13. The van der Waals surface area contributed by atoms with Crippen LogP contribution in [0.25, 0.3) is 11.1 Å². The summed E-state index contributed by atoms with van der Waals surface area (Å²) in [6.45, 7) is 5.61. The highest BCUT2D eigenvalue weighted by Crippen LogP contribution is 2.39. The lowest BCUT2D eigenvalue weighted by Gasteiger charge is -2.24. The van der Waals surface area contributed by atoms with Crippen molar-refractivity contribution in [3.8, 4) is 11.1 Å². The van der Waals surface area contributed by atoms with Gasteiger partial charge in [0.1, 0.15) is 0 Å². The summed E-state index contributed by atoms with van der Waals surface area (Å²) in [5.41, 5.74) is 4.74. The number of nitrogens with two attached hydrogens (primary N) is 1. The van der Waals surface area contributed by atoms with Crippen LogP contribution in [0, 0.1) is 6.92 Å². The van der Waals surface area contributed by atoms with Gasteiger partial charge in [0.05, 0.1) is 6.61 Å². The number of nitrogens with zero attached hydrogens (tertiary/aromatic N) is 1. The predicted molar refractivity (Wildman–Crippen MR) is 93.5 cm³/mol. The molecule has 3 rings (SSSR count). The molecule has 0 bridgehead atoms. The van der Waals surface area contributed by atoms with Gasteiger partial charge in [-0.15, -0.1) is 0 Å². The molecule has 24 heavy (non-hydrogen) atoms. The largest absolute Gasteiger partial charge is 0.461 e.